The largest absolute Gasteiger partial charge is 0.507 e. The number of rotatable bonds is 7. The molecule has 0 unspecified atom stereocenters. The summed E-state index contributed by atoms with van der Waals surface area (Å²) in [6.07, 6.45) is 0. The Morgan fingerprint density at radius 3 is 2.43 bits per heavy atom. The third kappa shape index (κ3) is 5.37. The van der Waals surface area contributed by atoms with Gasteiger partial charge in [0.05, 0.1) is 30.9 Å². The van der Waals surface area contributed by atoms with Gasteiger partial charge in [-0.2, -0.15) is 4.31 Å². The van der Waals surface area contributed by atoms with E-state index in [0.29, 0.717) is 13.2 Å². The van der Waals surface area contributed by atoms with Crippen molar-refractivity contribution in [1.29, 1.82) is 0 Å². The smallest absolute Gasteiger partial charge is 0.342 e. The number of sulfonamides is 1. The lowest BCUT2D eigenvalue weighted by Crippen LogP contribution is -2.40. The molecule has 1 heterocycles. The van der Waals surface area contributed by atoms with Crippen LogP contribution in [0.25, 0.3) is 10.8 Å². The topological polar surface area (TPSA) is 131 Å². The molecule has 1 amide bonds. The Balaban J connectivity index is 1.42. The Morgan fingerprint density at radius 1 is 1.06 bits per heavy atom. The first-order chi connectivity index (χ1) is 16.8. The van der Waals surface area contributed by atoms with E-state index in [2.05, 4.69) is 5.32 Å². The molecule has 11 heteroatoms. The molecule has 0 spiro atoms. The maximum absolute atomic E-state index is 12.9. The molecule has 10 nitrogen and oxygen atoms in total. The van der Waals surface area contributed by atoms with Crippen molar-refractivity contribution in [3.8, 4) is 11.5 Å². The predicted octanol–water partition coefficient (Wildman–Crippen LogP) is 2.37. The van der Waals surface area contributed by atoms with Crippen molar-refractivity contribution in [3.63, 3.8) is 0 Å². The van der Waals surface area contributed by atoms with Crippen molar-refractivity contribution in [1.82, 2.24) is 4.31 Å². The first-order valence-corrected chi connectivity index (χ1v) is 12.2. The average Bonchev–Trinajstić information content (AvgIpc) is 2.87. The summed E-state index contributed by atoms with van der Waals surface area (Å²) in [4.78, 5) is 24.8. The number of phenols is 1. The van der Waals surface area contributed by atoms with Gasteiger partial charge < -0.3 is 24.6 Å². The lowest BCUT2D eigenvalue weighted by molar-refractivity contribution is -0.119. The van der Waals surface area contributed by atoms with Crippen LogP contribution in [0.1, 0.15) is 10.4 Å². The van der Waals surface area contributed by atoms with Gasteiger partial charge in [-0.3, -0.25) is 4.79 Å². The Kier molecular flexibility index (Phi) is 7.20. The lowest BCUT2D eigenvalue weighted by Gasteiger charge is -2.26. The summed E-state index contributed by atoms with van der Waals surface area (Å²) in [7, 11) is -2.40. The second-order valence-electron chi connectivity index (χ2n) is 7.72. The van der Waals surface area contributed by atoms with Gasteiger partial charge in [0.15, 0.2) is 6.61 Å². The number of fused-ring (bicyclic) bond motifs is 1. The molecule has 1 fully saturated rings. The van der Waals surface area contributed by atoms with Gasteiger partial charge in [-0.25, -0.2) is 13.2 Å². The van der Waals surface area contributed by atoms with Crippen molar-refractivity contribution in [3.05, 3.63) is 60.2 Å². The fourth-order valence-electron chi connectivity index (χ4n) is 3.66. The van der Waals surface area contributed by atoms with Crippen LogP contribution in [0.2, 0.25) is 0 Å². The van der Waals surface area contributed by atoms with Crippen molar-refractivity contribution in [2.75, 3.05) is 45.3 Å². The minimum absolute atomic E-state index is 0.0208. The number of esters is 1. The van der Waals surface area contributed by atoms with Gasteiger partial charge in [-0.05, 0) is 35.0 Å². The monoisotopic (exact) mass is 500 g/mol. The van der Waals surface area contributed by atoms with Crippen molar-refractivity contribution >= 4 is 38.4 Å². The van der Waals surface area contributed by atoms with Crippen LogP contribution in [0.15, 0.2) is 59.5 Å². The lowest BCUT2D eigenvalue weighted by atomic mass is 10.1. The van der Waals surface area contributed by atoms with Gasteiger partial charge in [0, 0.05) is 19.2 Å². The van der Waals surface area contributed by atoms with E-state index < -0.39 is 28.5 Å². The maximum atomic E-state index is 12.9. The number of amides is 1. The van der Waals surface area contributed by atoms with Crippen LogP contribution in [-0.2, 0) is 24.3 Å². The molecule has 1 aliphatic rings. The molecule has 0 bridgehead atoms. The van der Waals surface area contributed by atoms with Crippen molar-refractivity contribution < 1.29 is 37.3 Å². The van der Waals surface area contributed by atoms with Crippen LogP contribution >= 0.6 is 0 Å². The van der Waals surface area contributed by atoms with Crippen LogP contribution < -0.4 is 10.1 Å². The van der Waals surface area contributed by atoms with E-state index in [1.807, 2.05) is 6.07 Å². The zero-order valence-corrected chi connectivity index (χ0v) is 19.7. The molecule has 184 valence electrons. The van der Waals surface area contributed by atoms with Crippen LogP contribution in [-0.4, -0.2) is 69.7 Å². The minimum Gasteiger partial charge on any atom is -0.507 e. The van der Waals surface area contributed by atoms with Gasteiger partial charge in [0.2, 0.25) is 10.0 Å². The summed E-state index contributed by atoms with van der Waals surface area (Å²) in [5.74, 6) is -1.65. The highest BCUT2D eigenvalue weighted by Crippen LogP contribution is 2.30. The van der Waals surface area contributed by atoms with Crippen molar-refractivity contribution in [2.45, 2.75) is 4.90 Å². The Morgan fingerprint density at radius 2 is 1.74 bits per heavy atom. The maximum Gasteiger partial charge on any atom is 0.342 e. The molecule has 35 heavy (non-hydrogen) atoms. The van der Waals surface area contributed by atoms with E-state index in [4.69, 9.17) is 14.2 Å². The van der Waals surface area contributed by atoms with Crippen molar-refractivity contribution in [2.24, 2.45) is 0 Å². The molecule has 1 aliphatic heterocycles. The molecular weight excluding hydrogens is 476 g/mol. The number of anilines is 1. The zero-order valence-electron chi connectivity index (χ0n) is 18.9. The molecule has 0 saturated carbocycles. The molecular formula is C24H24N2O8S. The third-order valence-electron chi connectivity index (χ3n) is 5.47. The quantitative estimate of drug-likeness (QED) is 0.473. The Hall–Kier alpha value is -3.67. The zero-order chi connectivity index (χ0) is 25.0. The number of carbonyl (C=O) groups is 2. The highest BCUT2D eigenvalue weighted by Gasteiger charge is 2.27. The summed E-state index contributed by atoms with van der Waals surface area (Å²) in [6.45, 7) is 0.519. The van der Waals surface area contributed by atoms with Crippen LogP contribution in [0.4, 0.5) is 5.69 Å². The summed E-state index contributed by atoms with van der Waals surface area (Å²) in [5, 5.41) is 14.2. The minimum atomic E-state index is -3.74. The molecule has 0 radical (unpaired) electrons. The van der Waals surface area contributed by atoms with Crippen LogP contribution in [0.5, 0.6) is 11.5 Å². The van der Waals surface area contributed by atoms with E-state index in [0.717, 1.165) is 10.8 Å². The van der Waals surface area contributed by atoms with Gasteiger partial charge in [0.1, 0.15) is 17.1 Å². The number of methoxy groups -OCH3 is 1. The number of benzene rings is 3. The normalized spacial score (nSPS) is 14.4. The molecule has 3 aromatic carbocycles. The van der Waals surface area contributed by atoms with E-state index >= 15 is 0 Å². The summed E-state index contributed by atoms with van der Waals surface area (Å²) in [6, 6.07) is 14.2. The fourth-order valence-corrected chi connectivity index (χ4v) is 5.08. The second kappa shape index (κ2) is 10.3. The highest BCUT2D eigenvalue weighted by atomic mass is 32.2. The molecule has 2 N–H and O–H groups in total. The summed E-state index contributed by atoms with van der Waals surface area (Å²) < 4.78 is 42.6. The molecule has 0 atom stereocenters. The molecule has 3 aromatic rings. The Bertz CT molecular complexity index is 1370. The summed E-state index contributed by atoms with van der Waals surface area (Å²) in [5.41, 5.74) is 0.148. The van der Waals surface area contributed by atoms with E-state index in [1.54, 1.807) is 18.2 Å². The van der Waals surface area contributed by atoms with Gasteiger partial charge in [0.25, 0.3) is 5.91 Å². The molecule has 1 saturated heterocycles. The van der Waals surface area contributed by atoms with Gasteiger partial charge in [-0.1, -0.05) is 24.3 Å². The second-order valence-corrected chi connectivity index (χ2v) is 9.66. The van der Waals surface area contributed by atoms with E-state index in [9.17, 15) is 23.1 Å². The third-order valence-corrected chi connectivity index (χ3v) is 7.37. The van der Waals surface area contributed by atoms with E-state index in [1.165, 1.54) is 41.7 Å². The number of hydrogen-bond donors (Lipinski definition) is 2. The van der Waals surface area contributed by atoms with Gasteiger partial charge in [-0.15, -0.1) is 0 Å². The Labute approximate surface area is 202 Å². The van der Waals surface area contributed by atoms with E-state index in [-0.39, 0.29) is 40.7 Å². The standard InChI is InChI=1S/C24H24N2O8S/c1-32-22-14-18(35(30,31)26-8-10-33-11-9-26)6-7-20(22)25-23(28)15-34-24(29)19-12-16-4-2-3-5-17(16)13-21(19)27/h2-7,12-14,27H,8-11,15H2,1H3,(H,25,28). The number of nitrogens with zero attached hydrogens (tertiary/aromatic N) is 1. The number of nitrogens with one attached hydrogen (secondary N) is 1. The highest BCUT2D eigenvalue weighted by molar-refractivity contribution is 7.89. The fraction of sp³-hybridized carbons (Fsp3) is 0.250. The van der Waals surface area contributed by atoms with Crippen LogP contribution in [0.3, 0.4) is 0 Å². The van der Waals surface area contributed by atoms with Crippen LogP contribution in [0, 0.1) is 0 Å². The number of morpholine rings is 1. The van der Waals surface area contributed by atoms with Gasteiger partial charge >= 0.3 is 5.97 Å². The number of hydrogen-bond acceptors (Lipinski definition) is 8. The first-order valence-electron chi connectivity index (χ1n) is 10.7. The number of aromatic hydroxyl groups is 1. The molecule has 0 aliphatic carbocycles. The SMILES string of the molecule is COc1cc(S(=O)(=O)N2CCOCC2)ccc1NC(=O)COC(=O)c1cc2ccccc2cc1O. The first kappa shape index (κ1) is 24.5. The number of carbonyl (C=O) groups excluding carboxylic acids is 2. The predicted molar refractivity (Wildman–Crippen MR) is 127 cm³/mol. The summed E-state index contributed by atoms with van der Waals surface area (Å²) >= 11 is 0. The molecule has 0 aromatic heterocycles. The molecule has 4 rings (SSSR count). The average molecular weight is 501 g/mol. The number of ether oxygens (including phenoxy) is 3. The number of phenolic OH excluding ortho intramolecular Hbond substituents is 1.